The van der Waals surface area contributed by atoms with Crippen LogP contribution in [0.25, 0.3) is 11.0 Å². The van der Waals surface area contributed by atoms with Gasteiger partial charge in [-0.2, -0.15) is 5.10 Å². The first-order chi connectivity index (χ1) is 9.08. The molecule has 100 valence electrons. The van der Waals surface area contributed by atoms with Crippen molar-refractivity contribution >= 4 is 17.0 Å². The van der Waals surface area contributed by atoms with Crippen LogP contribution in [0.2, 0.25) is 0 Å². The summed E-state index contributed by atoms with van der Waals surface area (Å²) in [4.78, 5) is 24.1. The van der Waals surface area contributed by atoms with Gasteiger partial charge in [-0.25, -0.2) is 4.79 Å². The lowest BCUT2D eigenvalue weighted by molar-refractivity contribution is 0.0524. The molecule has 0 amide bonds. The van der Waals surface area contributed by atoms with Gasteiger partial charge in [-0.1, -0.05) is 0 Å². The second-order valence-electron chi connectivity index (χ2n) is 4.10. The third kappa shape index (κ3) is 2.33. The van der Waals surface area contributed by atoms with Crippen LogP contribution in [-0.4, -0.2) is 27.3 Å². The van der Waals surface area contributed by atoms with Gasteiger partial charge < -0.3 is 9.30 Å². The molecule has 6 heteroatoms. The Hall–Kier alpha value is -2.24. The van der Waals surface area contributed by atoms with Gasteiger partial charge >= 0.3 is 5.97 Å². The van der Waals surface area contributed by atoms with Crippen LogP contribution in [0.1, 0.15) is 29.9 Å². The number of fused-ring (bicyclic) bond motifs is 1. The van der Waals surface area contributed by atoms with Gasteiger partial charge in [0, 0.05) is 12.7 Å². The molecule has 0 aliphatic carbocycles. The number of aryl methyl sites for hydroxylation is 2. The van der Waals surface area contributed by atoms with Crippen LogP contribution in [0, 0.1) is 6.92 Å². The zero-order valence-electron chi connectivity index (χ0n) is 11.1. The maximum absolute atomic E-state index is 12.3. The van der Waals surface area contributed by atoms with Crippen LogP contribution in [0.5, 0.6) is 0 Å². The second kappa shape index (κ2) is 5.17. The summed E-state index contributed by atoms with van der Waals surface area (Å²) in [5.41, 5.74) is 0.777. The largest absolute Gasteiger partial charge is 0.462 e. The Kier molecular flexibility index (Phi) is 3.59. The molecule has 0 spiro atoms. The van der Waals surface area contributed by atoms with Gasteiger partial charge in [0.05, 0.1) is 17.7 Å². The van der Waals surface area contributed by atoms with E-state index in [1.807, 2.05) is 6.92 Å². The summed E-state index contributed by atoms with van der Waals surface area (Å²) < 4.78 is 6.62. The molecule has 0 fully saturated rings. The number of hydrogen-bond acceptors (Lipinski definition) is 5. The summed E-state index contributed by atoms with van der Waals surface area (Å²) in [6, 6.07) is 1.64. The minimum atomic E-state index is -0.605. The van der Waals surface area contributed by atoms with E-state index in [0.717, 1.165) is 0 Å². The first-order valence-electron chi connectivity index (χ1n) is 6.13. The fraction of sp³-hybridized carbons (Fsp3) is 0.385. The van der Waals surface area contributed by atoms with Crippen LogP contribution in [0.3, 0.4) is 0 Å². The lowest BCUT2D eigenvalue weighted by atomic mass is 10.2. The smallest absolute Gasteiger partial charge is 0.343 e. The van der Waals surface area contributed by atoms with Gasteiger partial charge in [-0.3, -0.25) is 4.79 Å². The number of esters is 1. The van der Waals surface area contributed by atoms with Crippen LogP contribution < -0.4 is 5.43 Å². The van der Waals surface area contributed by atoms with Crippen molar-refractivity contribution in [1.82, 2.24) is 14.8 Å². The van der Waals surface area contributed by atoms with Gasteiger partial charge in [0.1, 0.15) is 5.56 Å². The van der Waals surface area contributed by atoms with Crippen molar-refractivity contribution in [2.75, 3.05) is 6.61 Å². The summed E-state index contributed by atoms with van der Waals surface area (Å²) in [5, 5.41) is 8.35. The highest BCUT2D eigenvalue weighted by atomic mass is 16.5. The molecule has 0 aromatic carbocycles. The van der Waals surface area contributed by atoms with E-state index in [-0.39, 0.29) is 17.6 Å². The third-order valence-corrected chi connectivity index (χ3v) is 2.78. The number of aromatic nitrogens is 3. The van der Waals surface area contributed by atoms with Gasteiger partial charge in [-0.15, -0.1) is 5.10 Å². The number of ether oxygens (including phenoxy) is 1. The summed E-state index contributed by atoms with van der Waals surface area (Å²) >= 11 is 0. The maximum atomic E-state index is 12.3. The Bertz CT molecular complexity index is 691. The molecular formula is C13H15N3O3. The van der Waals surface area contributed by atoms with Crippen LogP contribution in [-0.2, 0) is 11.3 Å². The SMILES string of the molecule is CCOC(=O)c1cn(CC)c2nnc(C)cc2c1=O. The van der Waals surface area contributed by atoms with E-state index in [2.05, 4.69) is 10.2 Å². The molecule has 0 unspecified atom stereocenters. The Balaban J connectivity index is 2.77. The fourth-order valence-corrected chi connectivity index (χ4v) is 1.88. The number of carbonyl (C=O) groups excluding carboxylic acids is 1. The second-order valence-corrected chi connectivity index (χ2v) is 4.10. The molecule has 0 N–H and O–H groups in total. The van der Waals surface area contributed by atoms with E-state index in [0.29, 0.717) is 23.3 Å². The van der Waals surface area contributed by atoms with Crippen molar-refractivity contribution in [1.29, 1.82) is 0 Å². The third-order valence-electron chi connectivity index (χ3n) is 2.78. The number of hydrogen-bond donors (Lipinski definition) is 0. The van der Waals surface area contributed by atoms with E-state index in [1.165, 1.54) is 6.20 Å². The van der Waals surface area contributed by atoms with Gasteiger partial charge in [0.2, 0.25) is 5.43 Å². The van der Waals surface area contributed by atoms with E-state index < -0.39 is 5.97 Å². The minimum absolute atomic E-state index is 0.0311. The Morgan fingerprint density at radius 2 is 2.11 bits per heavy atom. The van der Waals surface area contributed by atoms with Gasteiger partial charge in [-0.05, 0) is 26.8 Å². The first kappa shape index (κ1) is 13.2. The Labute approximate surface area is 110 Å². The van der Waals surface area contributed by atoms with Crippen molar-refractivity contribution in [3.05, 3.63) is 33.7 Å². The topological polar surface area (TPSA) is 74.1 Å². The highest BCUT2D eigenvalue weighted by Crippen LogP contribution is 2.10. The molecule has 2 heterocycles. The molecule has 6 nitrogen and oxygen atoms in total. The van der Waals surface area contributed by atoms with Crippen LogP contribution in [0.15, 0.2) is 17.1 Å². The normalized spacial score (nSPS) is 10.7. The van der Waals surface area contributed by atoms with Crippen LogP contribution >= 0.6 is 0 Å². The maximum Gasteiger partial charge on any atom is 0.343 e. The lowest BCUT2D eigenvalue weighted by Gasteiger charge is -2.09. The van der Waals surface area contributed by atoms with E-state index >= 15 is 0 Å². The summed E-state index contributed by atoms with van der Waals surface area (Å²) in [6.07, 6.45) is 1.48. The molecule has 2 aromatic heterocycles. The van der Waals surface area contributed by atoms with E-state index in [1.54, 1.807) is 24.5 Å². The molecule has 2 rings (SSSR count). The first-order valence-corrected chi connectivity index (χ1v) is 6.13. The van der Waals surface area contributed by atoms with Crippen molar-refractivity contribution < 1.29 is 9.53 Å². The predicted octanol–water partition coefficient (Wildman–Crippen LogP) is 1.30. The van der Waals surface area contributed by atoms with Crippen molar-refractivity contribution in [3.63, 3.8) is 0 Å². The van der Waals surface area contributed by atoms with E-state index in [9.17, 15) is 9.59 Å². The summed E-state index contributed by atoms with van der Waals surface area (Å²) in [5.74, 6) is -0.605. The summed E-state index contributed by atoms with van der Waals surface area (Å²) in [6.45, 7) is 6.17. The minimum Gasteiger partial charge on any atom is -0.462 e. The molecule has 2 aromatic rings. The average Bonchev–Trinajstić information content (AvgIpc) is 2.40. The zero-order chi connectivity index (χ0) is 14.0. The lowest BCUT2D eigenvalue weighted by Crippen LogP contribution is -2.21. The molecule has 0 radical (unpaired) electrons. The van der Waals surface area contributed by atoms with Gasteiger partial charge in [0.25, 0.3) is 0 Å². The van der Waals surface area contributed by atoms with Crippen molar-refractivity contribution in [2.24, 2.45) is 0 Å². The fourth-order valence-electron chi connectivity index (χ4n) is 1.88. The number of pyridine rings is 1. The molecule has 19 heavy (non-hydrogen) atoms. The molecule has 0 aliphatic heterocycles. The molecule has 0 atom stereocenters. The van der Waals surface area contributed by atoms with Crippen LogP contribution in [0.4, 0.5) is 0 Å². The highest BCUT2D eigenvalue weighted by Gasteiger charge is 2.17. The number of nitrogens with zero attached hydrogens (tertiary/aromatic N) is 3. The monoisotopic (exact) mass is 261 g/mol. The molecule has 0 saturated carbocycles. The van der Waals surface area contributed by atoms with Gasteiger partial charge in [0.15, 0.2) is 5.65 Å². The van der Waals surface area contributed by atoms with E-state index in [4.69, 9.17) is 4.74 Å². The van der Waals surface area contributed by atoms with Crippen molar-refractivity contribution in [3.8, 4) is 0 Å². The zero-order valence-corrected chi connectivity index (χ0v) is 11.1. The molecule has 0 aliphatic rings. The predicted molar refractivity (Wildman–Crippen MR) is 70.2 cm³/mol. The number of rotatable bonds is 3. The molecular weight excluding hydrogens is 246 g/mol. The quantitative estimate of drug-likeness (QED) is 0.778. The average molecular weight is 261 g/mol. The summed E-state index contributed by atoms with van der Waals surface area (Å²) in [7, 11) is 0. The Morgan fingerprint density at radius 3 is 2.74 bits per heavy atom. The molecule has 0 saturated heterocycles. The standard InChI is InChI=1S/C13H15N3O3/c1-4-16-7-10(13(18)19-5-2)11(17)9-6-8(3)14-15-12(9)16/h6-7H,4-5H2,1-3H3. The highest BCUT2D eigenvalue weighted by molar-refractivity contribution is 5.93. The van der Waals surface area contributed by atoms with Crippen molar-refractivity contribution in [2.45, 2.75) is 27.3 Å². The molecule has 0 bridgehead atoms. The number of carbonyl (C=O) groups is 1. The Morgan fingerprint density at radius 1 is 1.37 bits per heavy atom.